The Morgan fingerprint density at radius 3 is 2.32 bits per heavy atom. The first-order valence-corrected chi connectivity index (χ1v) is 5.64. The van der Waals surface area contributed by atoms with Crippen molar-refractivity contribution in [2.45, 2.75) is 19.9 Å². The molecule has 2 N–H and O–H groups in total. The Kier molecular flexibility index (Phi) is 4.91. The minimum Gasteiger partial charge on any atom is -0.480 e. The van der Waals surface area contributed by atoms with Crippen LogP contribution in [0.3, 0.4) is 0 Å². The van der Waals surface area contributed by atoms with Gasteiger partial charge >= 0.3 is 5.97 Å². The SMILES string of the molecule is CC(C)C(NC(=O)c1ccc(N=[N+]=[N-])cc1)C(=O)O. The third kappa shape index (κ3) is 4.01. The number of carboxylic acid groups (broad SMARTS) is 1. The molecule has 0 saturated heterocycles. The molecule has 1 atom stereocenters. The van der Waals surface area contributed by atoms with Crippen LogP contribution in [0, 0.1) is 5.92 Å². The zero-order valence-corrected chi connectivity index (χ0v) is 10.6. The molecule has 0 aliphatic heterocycles. The van der Waals surface area contributed by atoms with E-state index in [4.69, 9.17) is 10.6 Å². The van der Waals surface area contributed by atoms with Crippen LogP contribution < -0.4 is 5.32 Å². The molecule has 7 heteroatoms. The Bertz CT molecular complexity index is 518. The Balaban J connectivity index is 2.82. The van der Waals surface area contributed by atoms with Crippen molar-refractivity contribution in [2.24, 2.45) is 11.0 Å². The summed E-state index contributed by atoms with van der Waals surface area (Å²) in [5.74, 6) is -1.77. The van der Waals surface area contributed by atoms with E-state index in [2.05, 4.69) is 15.3 Å². The van der Waals surface area contributed by atoms with Crippen molar-refractivity contribution in [3.8, 4) is 0 Å². The van der Waals surface area contributed by atoms with Gasteiger partial charge in [-0.05, 0) is 23.6 Å². The molecule has 0 fully saturated rings. The molecule has 1 amide bonds. The van der Waals surface area contributed by atoms with Gasteiger partial charge in [0.15, 0.2) is 0 Å². The van der Waals surface area contributed by atoms with Gasteiger partial charge in [-0.1, -0.05) is 31.1 Å². The molecule has 19 heavy (non-hydrogen) atoms. The smallest absolute Gasteiger partial charge is 0.326 e. The summed E-state index contributed by atoms with van der Waals surface area (Å²) in [7, 11) is 0. The molecule has 100 valence electrons. The zero-order chi connectivity index (χ0) is 14.4. The molecule has 0 bridgehead atoms. The standard InChI is InChI=1S/C12H14N4O3/c1-7(2)10(12(18)19)14-11(17)8-3-5-9(6-4-8)15-16-13/h3-7,10H,1-2H3,(H,14,17)(H,18,19). The average molecular weight is 262 g/mol. The van der Waals surface area contributed by atoms with E-state index < -0.39 is 17.9 Å². The van der Waals surface area contributed by atoms with Crippen LogP contribution in [0.2, 0.25) is 0 Å². The van der Waals surface area contributed by atoms with Gasteiger partial charge in [-0.15, -0.1) is 0 Å². The fourth-order valence-electron chi connectivity index (χ4n) is 1.47. The van der Waals surface area contributed by atoms with Crippen LogP contribution in [-0.2, 0) is 4.79 Å². The average Bonchev–Trinajstić information content (AvgIpc) is 2.36. The highest BCUT2D eigenvalue weighted by molar-refractivity contribution is 5.96. The van der Waals surface area contributed by atoms with Crippen LogP contribution in [0.1, 0.15) is 24.2 Å². The van der Waals surface area contributed by atoms with Crippen LogP contribution in [-0.4, -0.2) is 23.0 Å². The van der Waals surface area contributed by atoms with Crippen LogP contribution in [0.4, 0.5) is 5.69 Å². The molecule has 1 aromatic rings. The Morgan fingerprint density at radius 2 is 1.89 bits per heavy atom. The lowest BCUT2D eigenvalue weighted by atomic mass is 10.0. The molecule has 1 unspecified atom stereocenters. The molecule has 0 spiro atoms. The second-order valence-electron chi connectivity index (χ2n) is 4.27. The lowest BCUT2D eigenvalue weighted by molar-refractivity contribution is -0.140. The maximum atomic E-state index is 11.9. The maximum Gasteiger partial charge on any atom is 0.326 e. The van der Waals surface area contributed by atoms with Crippen LogP contribution in [0.15, 0.2) is 29.4 Å². The fraction of sp³-hybridized carbons (Fsp3) is 0.333. The van der Waals surface area contributed by atoms with Crippen molar-refractivity contribution in [3.05, 3.63) is 40.3 Å². The summed E-state index contributed by atoms with van der Waals surface area (Å²) >= 11 is 0. The highest BCUT2D eigenvalue weighted by Crippen LogP contribution is 2.13. The number of nitrogens with one attached hydrogen (secondary N) is 1. The van der Waals surface area contributed by atoms with Crippen LogP contribution in [0.25, 0.3) is 10.4 Å². The van der Waals surface area contributed by atoms with E-state index in [1.54, 1.807) is 13.8 Å². The first-order valence-electron chi connectivity index (χ1n) is 5.64. The van der Waals surface area contributed by atoms with Crippen molar-refractivity contribution < 1.29 is 14.7 Å². The molecular formula is C12H14N4O3. The summed E-state index contributed by atoms with van der Waals surface area (Å²) in [6.45, 7) is 3.42. The minimum atomic E-state index is -1.07. The van der Waals surface area contributed by atoms with Crippen molar-refractivity contribution in [3.63, 3.8) is 0 Å². The first-order chi connectivity index (χ1) is 8.95. The molecule has 0 aliphatic rings. The summed E-state index contributed by atoms with van der Waals surface area (Å²) in [6, 6.07) is 4.97. The summed E-state index contributed by atoms with van der Waals surface area (Å²) in [6.07, 6.45) is 0. The summed E-state index contributed by atoms with van der Waals surface area (Å²) in [5.41, 5.74) is 8.95. The van der Waals surface area contributed by atoms with Gasteiger partial charge in [-0.3, -0.25) is 4.79 Å². The van der Waals surface area contributed by atoms with Gasteiger partial charge in [-0.2, -0.15) is 0 Å². The van der Waals surface area contributed by atoms with E-state index in [9.17, 15) is 9.59 Å². The van der Waals surface area contributed by atoms with Gasteiger partial charge in [-0.25, -0.2) is 4.79 Å². The number of amides is 1. The van der Waals surface area contributed by atoms with E-state index >= 15 is 0 Å². The maximum absolute atomic E-state index is 11.9. The third-order valence-electron chi connectivity index (χ3n) is 2.51. The normalized spacial score (nSPS) is 11.5. The molecule has 1 rings (SSSR count). The number of azide groups is 1. The Morgan fingerprint density at radius 1 is 1.32 bits per heavy atom. The van der Waals surface area contributed by atoms with Crippen molar-refractivity contribution in [2.75, 3.05) is 0 Å². The Labute approximate surface area is 109 Å². The van der Waals surface area contributed by atoms with Gasteiger partial charge in [0.1, 0.15) is 6.04 Å². The number of carbonyl (C=O) groups is 2. The van der Waals surface area contributed by atoms with E-state index in [0.29, 0.717) is 11.3 Å². The number of benzene rings is 1. The Hall–Kier alpha value is -2.53. The predicted molar refractivity (Wildman–Crippen MR) is 69.0 cm³/mol. The zero-order valence-electron chi connectivity index (χ0n) is 10.6. The van der Waals surface area contributed by atoms with Gasteiger partial charge in [0.25, 0.3) is 5.91 Å². The van der Waals surface area contributed by atoms with Crippen LogP contribution >= 0.6 is 0 Å². The van der Waals surface area contributed by atoms with E-state index in [1.807, 2.05) is 0 Å². The van der Waals surface area contributed by atoms with E-state index in [1.165, 1.54) is 24.3 Å². The second kappa shape index (κ2) is 6.42. The molecule has 7 nitrogen and oxygen atoms in total. The monoisotopic (exact) mass is 262 g/mol. The lowest BCUT2D eigenvalue weighted by Gasteiger charge is -2.17. The van der Waals surface area contributed by atoms with E-state index in [0.717, 1.165) is 0 Å². The number of rotatable bonds is 5. The lowest BCUT2D eigenvalue weighted by Crippen LogP contribution is -2.44. The quantitative estimate of drug-likeness (QED) is 0.482. The van der Waals surface area contributed by atoms with Crippen molar-refractivity contribution >= 4 is 17.6 Å². The number of nitrogens with zero attached hydrogens (tertiary/aromatic N) is 3. The highest BCUT2D eigenvalue weighted by atomic mass is 16.4. The van der Waals surface area contributed by atoms with Crippen LogP contribution in [0.5, 0.6) is 0 Å². The largest absolute Gasteiger partial charge is 0.480 e. The molecule has 1 aromatic carbocycles. The summed E-state index contributed by atoms with van der Waals surface area (Å²) in [5, 5.41) is 14.8. The van der Waals surface area contributed by atoms with Crippen molar-refractivity contribution in [1.29, 1.82) is 0 Å². The number of carbonyl (C=O) groups excluding carboxylic acids is 1. The topological polar surface area (TPSA) is 115 Å². The van der Waals surface area contributed by atoms with Gasteiger partial charge in [0.2, 0.25) is 0 Å². The molecule has 0 aromatic heterocycles. The number of aliphatic carboxylic acids is 1. The second-order valence-corrected chi connectivity index (χ2v) is 4.27. The molecule has 0 radical (unpaired) electrons. The number of hydrogen-bond acceptors (Lipinski definition) is 3. The number of carboxylic acids is 1. The summed E-state index contributed by atoms with van der Waals surface area (Å²) in [4.78, 5) is 25.5. The molecule has 0 heterocycles. The molecule has 0 saturated carbocycles. The van der Waals surface area contributed by atoms with E-state index in [-0.39, 0.29) is 5.92 Å². The minimum absolute atomic E-state index is 0.219. The predicted octanol–water partition coefficient (Wildman–Crippen LogP) is 2.47. The first kappa shape index (κ1) is 14.5. The molecule has 0 aliphatic carbocycles. The summed E-state index contributed by atoms with van der Waals surface area (Å²) < 4.78 is 0. The fourth-order valence-corrected chi connectivity index (χ4v) is 1.47. The third-order valence-corrected chi connectivity index (χ3v) is 2.51. The van der Waals surface area contributed by atoms with Crippen molar-refractivity contribution in [1.82, 2.24) is 5.32 Å². The van der Waals surface area contributed by atoms with Gasteiger partial charge in [0, 0.05) is 16.2 Å². The number of hydrogen-bond donors (Lipinski definition) is 2. The van der Waals surface area contributed by atoms with Gasteiger partial charge in [0.05, 0.1) is 0 Å². The highest BCUT2D eigenvalue weighted by Gasteiger charge is 2.23. The molecular weight excluding hydrogens is 248 g/mol. The van der Waals surface area contributed by atoms with Gasteiger partial charge < -0.3 is 10.4 Å².